The van der Waals surface area contributed by atoms with Crippen LogP contribution in [0, 0.1) is 19.8 Å². The van der Waals surface area contributed by atoms with Crippen molar-refractivity contribution in [3.8, 4) is 0 Å². The predicted molar refractivity (Wildman–Crippen MR) is 146 cm³/mol. The summed E-state index contributed by atoms with van der Waals surface area (Å²) in [5.41, 5.74) is 2.09. The van der Waals surface area contributed by atoms with Crippen molar-refractivity contribution >= 4 is 17.9 Å². The number of ether oxygens (including phenoxy) is 1. The first-order valence-corrected chi connectivity index (χ1v) is 13.3. The van der Waals surface area contributed by atoms with Crippen molar-refractivity contribution in [2.24, 2.45) is 5.92 Å². The molecule has 0 heterocycles. The Labute approximate surface area is 218 Å². The number of carbonyl (C=O) groups excluding carboxylic acids is 3. The molecule has 7 heteroatoms. The monoisotopic (exact) mass is 503 g/mol. The quantitative estimate of drug-likeness (QED) is 0.376. The highest BCUT2D eigenvalue weighted by molar-refractivity contribution is 5.91. The average Bonchev–Trinajstić information content (AvgIpc) is 2.74. The lowest BCUT2D eigenvalue weighted by Crippen LogP contribution is -2.52. The van der Waals surface area contributed by atoms with Gasteiger partial charge in [0, 0.05) is 12.1 Å². The summed E-state index contributed by atoms with van der Waals surface area (Å²) in [5, 5.41) is 5.72. The topological polar surface area (TPSA) is 87.7 Å². The highest BCUT2D eigenvalue weighted by atomic mass is 16.6. The number of hydrogen-bond acceptors (Lipinski definition) is 4. The lowest BCUT2D eigenvalue weighted by molar-refractivity contribution is -0.143. The predicted octanol–water partition coefficient (Wildman–Crippen LogP) is 5.83. The van der Waals surface area contributed by atoms with Gasteiger partial charge in [0.15, 0.2) is 0 Å². The van der Waals surface area contributed by atoms with E-state index in [9.17, 15) is 14.4 Å². The Morgan fingerprint density at radius 3 is 2.19 bits per heavy atom. The molecule has 3 unspecified atom stereocenters. The summed E-state index contributed by atoms with van der Waals surface area (Å²) >= 11 is 0. The maximum atomic E-state index is 13.8. The van der Waals surface area contributed by atoms with Crippen molar-refractivity contribution in [2.45, 2.75) is 119 Å². The first-order chi connectivity index (χ1) is 16.7. The SMILES string of the molecule is CCCC(C)NC(=O)C(c1cc(C)ccc1C)N(C(=O)CNC(=O)OC(C)(C)C)C(C)CCC(C)C. The molecule has 1 rings (SSSR count). The maximum Gasteiger partial charge on any atom is 0.408 e. The summed E-state index contributed by atoms with van der Waals surface area (Å²) < 4.78 is 5.31. The second-order valence-corrected chi connectivity index (χ2v) is 11.4. The molecule has 0 saturated carbocycles. The molecule has 0 aliphatic rings. The van der Waals surface area contributed by atoms with Gasteiger partial charge in [0.2, 0.25) is 11.8 Å². The molecular formula is C29H49N3O4. The highest BCUT2D eigenvalue weighted by Crippen LogP contribution is 2.29. The number of amides is 3. The molecule has 3 amide bonds. The number of nitrogens with one attached hydrogen (secondary N) is 2. The molecule has 7 nitrogen and oxygen atoms in total. The molecule has 0 saturated heterocycles. The highest BCUT2D eigenvalue weighted by Gasteiger charge is 2.36. The Morgan fingerprint density at radius 2 is 1.64 bits per heavy atom. The summed E-state index contributed by atoms with van der Waals surface area (Å²) in [4.78, 5) is 41.4. The smallest absolute Gasteiger partial charge is 0.408 e. The van der Waals surface area contributed by atoms with E-state index in [0.717, 1.165) is 42.4 Å². The van der Waals surface area contributed by atoms with Crippen molar-refractivity contribution in [1.29, 1.82) is 0 Å². The van der Waals surface area contributed by atoms with Gasteiger partial charge in [-0.2, -0.15) is 0 Å². The summed E-state index contributed by atoms with van der Waals surface area (Å²) in [6.07, 6.45) is 2.80. The number of nitrogens with zero attached hydrogens (tertiary/aromatic N) is 1. The van der Waals surface area contributed by atoms with Crippen LogP contribution in [-0.2, 0) is 14.3 Å². The van der Waals surface area contributed by atoms with Crippen molar-refractivity contribution in [2.75, 3.05) is 6.54 Å². The largest absolute Gasteiger partial charge is 0.444 e. The second kappa shape index (κ2) is 14.2. The van der Waals surface area contributed by atoms with Crippen LogP contribution in [0.5, 0.6) is 0 Å². The molecule has 0 radical (unpaired) electrons. The van der Waals surface area contributed by atoms with Gasteiger partial charge in [0.05, 0.1) is 0 Å². The number of benzene rings is 1. The molecule has 1 aromatic rings. The molecule has 3 atom stereocenters. The maximum absolute atomic E-state index is 13.8. The fourth-order valence-corrected chi connectivity index (χ4v) is 4.21. The Balaban J connectivity index is 3.44. The van der Waals surface area contributed by atoms with Crippen LogP contribution in [0.1, 0.15) is 104 Å². The molecule has 1 aromatic carbocycles. The van der Waals surface area contributed by atoms with Crippen LogP contribution in [0.15, 0.2) is 18.2 Å². The number of hydrogen-bond donors (Lipinski definition) is 2. The average molecular weight is 504 g/mol. The molecule has 0 spiro atoms. The van der Waals surface area contributed by atoms with E-state index in [1.165, 1.54) is 0 Å². The molecule has 2 N–H and O–H groups in total. The third-order valence-electron chi connectivity index (χ3n) is 6.07. The van der Waals surface area contributed by atoms with E-state index < -0.39 is 17.7 Å². The van der Waals surface area contributed by atoms with E-state index in [-0.39, 0.29) is 30.4 Å². The van der Waals surface area contributed by atoms with E-state index in [0.29, 0.717) is 5.92 Å². The van der Waals surface area contributed by atoms with Crippen molar-refractivity contribution in [1.82, 2.24) is 15.5 Å². The molecule has 36 heavy (non-hydrogen) atoms. The van der Waals surface area contributed by atoms with Gasteiger partial charge in [-0.3, -0.25) is 9.59 Å². The van der Waals surface area contributed by atoms with Gasteiger partial charge in [-0.05, 0) is 84.8 Å². The number of carbonyl (C=O) groups is 3. The van der Waals surface area contributed by atoms with Gasteiger partial charge in [0.25, 0.3) is 0 Å². The lowest BCUT2D eigenvalue weighted by Gasteiger charge is -2.38. The second-order valence-electron chi connectivity index (χ2n) is 11.4. The first kappa shape index (κ1) is 31.5. The van der Waals surface area contributed by atoms with Crippen LogP contribution in [0.25, 0.3) is 0 Å². The van der Waals surface area contributed by atoms with Crippen LogP contribution >= 0.6 is 0 Å². The van der Waals surface area contributed by atoms with Gasteiger partial charge >= 0.3 is 6.09 Å². The Hall–Kier alpha value is -2.57. The minimum absolute atomic E-state index is 0.0158. The normalized spacial score (nSPS) is 14.1. The zero-order valence-electron chi connectivity index (χ0n) is 24.2. The third kappa shape index (κ3) is 10.6. The Morgan fingerprint density at radius 1 is 1.00 bits per heavy atom. The molecule has 0 bridgehead atoms. The molecule has 0 fully saturated rings. The van der Waals surface area contributed by atoms with E-state index in [4.69, 9.17) is 4.74 Å². The van der Waals surface area contributed by atoms with E-state index in [2.05, 4.69) is 31.4 Å². The zero-order valence-corrected chi connectivity index (χ0v) is 24.2. The Kier molecular flexibility index (Phi) is 12.4. The van der Waals surface area contributed by atoms with Crippen LogP contribution in [0.4, 0.5) is 4.79 Å². The fraction of sp³-hybridized carbons (Fsp3) is 0.690. The van der Waals surface area contributed by atoms with Crippen molar-refractivity contribution in [3.05, 3.63) is 34.9 Å². The minimum atomic E-state index is -0.806. The van der Waals surface area contributed by atoms with Gasteiger partial charge in [-0.25, -0.2) is 4.79 Å². The molecule has 0 aliphatic carbocycles. The van der Waals surface area contributed by atoms with Crippen LogP contribution in [0.2, 0.25) is 0 Å². The number of aryl methyl sites for hydroxylation is 2. The first-order valence-electron chi connectivity index (χ1n) is 13.3. The van der Waals surface area contributed by atoms with E-state index in [1.54, 1.807) is 25.7 Å². The van der Waals surface area contributed by atoms with Crippen molar-refractivity contribution < 1.29 is 19.1 Å². The number of alkyl carbamates (subject to hydrolysis) is 1. The summed E-state index contributed by atoms with van der Waals surface area (Å²) in [6, 6.07) is 4.95. The van der Waals surface area contributed by atoms with Gasteiger partial charge in [0.1, 0.15) is 18.2 Å². The van der Waals surface area contributed by atoms with E-state index >= 15 is 0 Å². The fourth-order valence-electron chi connectivity index (χ4n) is 4.21. The van der Waals surface area contributed by atoms with Crippen LogP contribution in [0.3, 0.4) is 0 Å². The van der Waals surface area contributed by atoms with E-state index in [1.807, 2.05) is 45.9 Å². The van der Waals surface area contributed by atoms with Crippen LogP contribution < -0.4 is 10.6 Å². The van der Waals surface area contributed by atoms with Gasteiger partial charge in [-0.15, -0.1) is 0 Å². The Bertz CT molecular complexity index is 876. The summed E-state index contributed by atoms with van der Waals surface area (Å²) in [6.45, 7) is 19.3. The molecule has 0 aliphatic heterocycles. The number of rotatable bonds is 12. The molecule has 204 valence electrons. The zero-order chi connectivity index (χ0) is 27.6. The standard InChI is InChI=1S/C29H49N3O4/c1-11-12-22(6)31-27(34)26(24-17-20(4)14-15-21(24)5)32(23(7)16-13-19(2)3)25(33)18-30-28(35)36-29(8,9)10/h14-15,17,19,22-23,26H,11-13,16,18H2,1-10H3,(H,30,35)(H,31,34). The summed E-state index contributed by atoms with van der Waals surface area (Å²) in [5.74, 6) is -0.0603. The van der Waals surface area contributed by atoms with Gasteiger partial charge < -0.3 is 20.3 Å². The molecule has 0 aromatic heterocycles. The van der Waals surface area contributed by atoms with Gasteiger partial charge in [-0.1, -0.05) is 51.0 Å². The third-order valence-corrected chi connectivity index (χ3v) is 6.07. The lowest BCUT2D eigenvalue weighted by atomic mass is 9.94. The minimum Gasteiger partial charge on any atom is -0.444 e. The summed E-state index contributed by atoms with van der Waals surface area (Å²) in [7, 11) is 0. The molecular weight excluding hydrogens is 454 g/mol. The van der Waals surface area contributed by atoms with Crippen LogP contribution in [-0.4, -0.2) is 47.0 Å². The van der Waals surface area contributed by atoms with Crippen molar-refractivity contribution in [3.63, 3.8) is 0 Å².